The first-order chi connectivity index (χ1) is 14.5. The predicted molar refractivity (Wildman–Crippen MR) is 106 cm³/mol. The summed E-state index contributed by atoms with van der Waals surface area (Å²) in [5.74, 6) is 0.652. The molecular weight excluding hydrogens is 421 g/mol. The first kappa shape index (κ1) is 23.9. The van der Waals surface area contributed by atoms with E-state index >= 15 is 0 Å². The van der Waals surface area contributed by atoms with Gasteiger partial charge in [0.15, 0.2) is 12.4 Å². The van der Waals surface area contributed by atoms with Crippen molar-refractivity contribution in [3.8, 4) is 11.5 Å². The molecule has 0 saturated carbocycles. The zero-order valence-corrected chi connectivity index (χ0v) is 17.0. The summed E-state index contributed by atoms with van der Waals surface area (Å²) in [6, 6.07) is 8.28. The van der Waals surface area contributed by atoms with Crippen LogP contribution in [0.2, 0.25) is 0 Å². The molecule has 0 N–H and O–H groups in total. The molecule has 166 valence electrons. The number of carbonyl (C=O) groups is 1. The number of benzene rings is 1. The van der Waals surface area contributed by atoms with Gasteiger partial charge in [0, 0.05) is 18.2 Å². The molecule has 1 aromatic carbocycles. The number of fused-ring (bicyclic) bond motifs is 1. The highest BCUT2D eigenvalue weighted by Crippen LogP contribution is 2.31. The number of pyridine rings is 1. The van der Waals surface area contributed by atoms with Gasteiger partial charge >= 0.3 is 12.9 Å². The minimum Gasteiger partial charge on any atom is -0.494 e. The Morgan fingerprint density at radius 1 is 1.10 bits per heavy atom. The van der Waals surface area contributed by atoms with Crippen LogP contribution in [0.1, 0.15) is 29.8 Å². The number of hydrogen-bond acceptors (Lipinski definition) is 5. The molecule has 0 aliphatic rings. The van der Waals surface area contributed by atoms with Crippen molar-refractivity contribution in [2.24, 2.45) is 7.05 Å². The Kier molecular flexibility index (Phi) is 7.79. The molecule has 11 heteroatoms. The maximum Gasteiger partial charge on any atom is 0.673 e. The molecule has 0 aliphatic carbocycles. The summed E-state index contributed by atoms with van der Waals surface area (Å²) in [5, 5.41) is 0.554. The minimum absolute atomic E-state index is 0.0335. The number of ketones is 1. The zero-order chi connectivity index (χ0) is 23.2. The Bertz CT molecular complexity index is 1120. The number of halogens is 4. The average Bonchev–Trinajstić information content (AvgIpc) is 2.66. The molecule has 0 bridgehead atoms. The standard InChI is InChI=1S/C20H20NO5.BF4/c1-4-24-14-9-17(25-5-2)15-11-16(20(23)26-18(15)10-14)19(22)13-7-6-8-21(3)12-13;2-1(3,4)5/h6-12H,4-5H2,1-3H3;/q+1;-1. The predicted octanol–water partition coefficient (Wildman–Crippen LogP) is 3.95. The average molecular weight is 441 g/mol. The van der Waals surface area contributed by atoms with Crippen molar-refractivity contribution in [1.29, 1.82) is 0 Å². The number of nitrogens with zero attached hydrogens (tertiary/aromatic N) is 1. The third-order valence-electron chi connectivity index (χ3n) is 3.85. The molecule has 3 aromatic rings. The Morgan fingerprint density at radius 2 is 1.74 bits per heavy atom. The van der Waals surface area contributed by atoms with Gasteiger partial charge < -0.3 is 31.2 Å². The maximum absolute atomic E-state index is 12.8. The van der Waals surface area contributed by atoms with Crippen molar-refractivity contribution in [2.45, 2.75) is 13.8 Å². The zero-order valence-electron chi connectivity index (χ0n) is 17.0. The van der Waals surface area contributed by atoms with E-state index in [0.717, 1.165) is 0 Å². The molecule has 0 unspecified atom stereocenters. The topological polar surface area (TPSA) is 69.6 Å². The van der Waals surface area contributed by atoms with Crippen molar-refractivity contribution in [3.05, 3.63) is 64.3 Å². The molecule has 2 heterocycles. The molecule has 31 heavy (non-hydrogen) atoms. The van der Waals surface area contributed by atoms with Crippen LogP contribution in [0.25, 0.3) is 11.0 Å². The highest BCUT2D eigenvalue weighted by Gasteiger charge is 2.21. The molecular formula is C20H20BF4NO5. The number of hydrogen-bond donors (Lipinski definition) is 0. The van der Waals surface area contributed by atoms with E-state index in [9.17, 15) is 26.9 Å². The molecule has 0 amide bonds. The van der Waals surface area contributed by atoms with Crippen LogP contribution in [0.5, 0.6) is 11.5 Å². The van der Waals surface area contributed by atoms with Crippen molar-refractivity contribution in [1.82, 2.24) is 0 Å². The van der Waals surface area contributed by atoms with Gasteiger partial charge in [-0.3, -0.25) is 4.79 Å². The summed E-state index contributed by atoms with van der Waals surface area (Å²) in [5.41, 5.74) is 0.00373. The molecule has 0 aliphatic heterocycles. The number of rotatable bonds is 6. The van der Waals surface area contributed by atoms with E-state index in [1.165, 1.54) is 6.07 Å². The molecule has 0 fully saturated rings. The Labute approximate surface area is 175 Å². The Balaban J connectivity index is 0.000000614. The first-order valence-corrected chi connectivity index (χ1v) is 9.28. The fraction of sp³-hybridized carbons (Fsp3) is 0.250. The first-order valence-electron chi connectivity index (χ1n) is 9.28. The van der Waals surface area contributed by atoms with Crippen LogP contribution in [0.4, 0.5) is 17.3 Å². The molecule has 0 spiro atoms. The van der Waals surface area contributed by atoms with Gasteiger partial charge in [-0.1, -0.05) is 0 Å². The molecule has 6 nitrogen and oxygen atoms in total. The summed E-state index contributed by atoms with van der Waals surface area (Å²) < 4.78 is 57.3. The summed E-state index contributed by atoms with van der Waals surface area (Å²) >= 11 is 0. The summed E-state index contributed by atoms with van der Waals surface area (Å²) in [4.78, 5) is 25.2. The van der Waals surface area contributed by atoms with Crippen LogP contribution < -0.4 is 19.7 Å². The summed E-state index contributed by atoms with van der Waals surface area (Å²) in [6.45, 7) is 4.63. The van der Waals surface area contributed by atoms with Crippen LogP contribution in [-0.4, -0.2) is 26.3 Å². The van der Waals surface area contributed by atoms with E-state index in [4.69, 9.17) is 13.9 Å². The largest absolute Gasteiger partial charge is 0.673 e. The molecule has 0 radical (unpaired) electrons. The molecule has 3 rings (SSSR count). The second-order valence-corrected chi connectivity index (χ2v) is 6.23. The molecule has 0 saturated heterocycles. The van der Waals surface area contributed by atoms with Gasteiger partial charge in [-0.2, -0.15) is 0 Å². The quantitative estimate of drug-likeness (QED) is 0.191. The Morgan fingerprint density at radius 3 is 2.32 bits per heavy atom. The lowest BCUT2D eigenvalue weighted by atomic mass is 10.0. The van der Waals surface area contributed by atoms with E-state index in [2.05, 4.69) is 0 Å². The SMILES string of the molecule is CCOc1cc(OCC)c2cc(C(=O)c3ccc[n+](C)c3)c(=O)oc2c1.F[B-](F)(F)F. The number of aromatic nitrogens is 1. The second kappa shape index (κ2) is 10.1. The smallest absolute Gasteiger partial charge is 0.494 e. The lowest BCUT2D eigenvalue weighted by Gasteiger charge is -2.11. The van der Waals surface area contributed by atoms with E-state index in [1.54, 1.807) is 35.0 Å². The normalized spacial score (nSPS) is 10.9. The van der Waals surface area contributed by atoms with Gasteiger partial charge in [0.1, 0.15) is 29.7 Å². The lowest BCUT2D eigenvalue weighted by molar-refractivity contribution is -0.671. The van der Waals surface area contributed by atoms with Crippen LogP contribution in [-0.2, 0) is 7.05 Å². The third kappa shape index (κ3) is 6.83. The second-order valence-electron chi connectivity index (χ2n) is 6.23. The highest BCUT2D eigenvalue weighted by molar-refractivity contribution is 6.50. The van der Waals surface area contributed by atoms with Crippen molar-refractivity contribution in [2.75, 3.05) is 13.2 Å². The van der Waals surface area contributed by atoms with Crippen LogP contribution in [0.3, 0.4) is 0 Å². The minimum atomic E-state index is -6.00. The van der Waals surface area contributed by atoms with Crippen LogP contribution in [0.15, 0.2) is 51.9 Å². The number of carbonyl (C=O) groups excluding carboxylic acids is 1. The van der Waals surface area contributed by atoms with E-state index in [-0.39, 0.29) is 5.56 Å². The third-order valence-corrected chi connectivity index (χ3v) is 3.85. The van der Waals surface area contributed by atoms with E-state index < -0.39 is 18.7 Å². The van der Waals surface area contributed by atoms with E-state index in [1.807, 2.05) is 27.1 Å². The van der Waals surface area contributed by atoms with Crippen molar-refractivity contribution in [3.63, 3.8) is 0 Å². The summed E-state index contributed by atoms with van der Waals surface area (Å²) in [7, 11) is -4.19. The number of aryl methyl sites for hydroxylation is 1. The highest BCUT2D eigenvalue weighted by atomic mass is 19.5. The van der Waals surface area contributed by atoms with Gasteiger partial charge in [-0.05, 0) is 26.0 Å². The van der Waals surface area contributed by atoms with Crippen molar-refractivity contribution < 1.29 is 40.5 Å². The Hall–Kier alpha value is -3.37. The van der Waals surface area contributed by atoms with Gasteiger partial charge in [0.2, 0.25) is 5.78 Å². The summed E-state index contributed by atoms with van der Waals surface area (Å²) in [6.07, 6.45) is 3.47. The maximum atomic E-state index is 12.8. The van der Waals surface area contributed by atoms with E-state index in [0.29, 0.717) is 41.2 Å². The fourth-order valence-corrected chi connectivity index (χ4v) is 2.72. The lowest BCUT2D eigenvalue weighted by Crippen LogP contribution is -2.28. The van der Waals surface area contributed by atoms with Gasteiger partial charge in [0.05, 0.1) is 24.2 Å². The van der Waals surface area contributed by atoms with Crippen LogP contribution in [0, 0.1) is 0 Å². The number of ether oxygens (including phenoxy) is 2. The van der Waals surface area contributed by atoms with Crippen molar-refractivity contribution >= 4 is 24.0 Å². The fourth-order valence-electron chi connectivity index (χ4n) is 2.72. The van der Waals surface area contributed by atoms with Gasteiger partial charge in [-0.15, -0.1) is 0 Å². The van der Waals surface area contributed by atoms with Gasteiger partial charge in [0.25, 0.3) is 0 Å². The van der Waals surface area contributed by atoms with Gasteiger partial charge in [-0.25, -0.2) is 9.36 Å². The molecule has 0 atom stereocenters. The molecule has 2 aromatic heterocycles. The van der Waals surface area contributed by atoms with Crippen LogP contribution >= 0.6 is 0 Å². The monoisotopic (exact) mass is 441 g/mol.